The van der Waals surface area contributed by atoms with Crippen molar-refractivity contribution < 1.29 is 9.53 Å². The van der Waals surface area contributed by atoms with Gasteiger partial charge in [-0.2, -0.15) is 0 Å². The summed E-state index contributed by atoms with van der Waals surface area (Å²) < 4.78 is 7.59. The van der Waals surface area contributed by atoms with Crippen molar-refractivity contribution >= 4 is 5.91 Å². The second-order valence-corrected chi connectivity index (χ2v) is 6.97. The molecular weight excluding hydrogens is 316 g/mol. The van der Waals surface area contributed by atoms with Gasteiger partial charge in [0, 0.05) is 55.9 Å². The van der Waals surface area contributed by atoms with Gasteiger partial charge in [0.1, 0.15) is 0 Å². The molecule has 132 valence electrons. The molecule has 1 atom stereocenters. The molecule has 1 fully saturated rings. The van der Waals surface area contributed by atoms with Crippen LogP contribution >= 0.6 is 0 Å². The normalized spacial score (nSPS) is 20.6. The first-order valence-corrected chi connectivity index (χ1v) is 8.87. The van der Waals surface area contributed by atoms with E-state index in [1.165, 1.54) is 5.69 Å². The van der Waals surface area contributed by atoms with E-state index in [0.29, 0.717) is 11.9 Å². The highest BCUT2D eigenvalue weighted by atomic mass is 16.5. The van der Waals surface area contributed by atoms with Gasteiger partial charge in [0.2, 0.25) is 11.8 Å². The van der Waals surface area contributed by atoms with Crippen molar-refractivity contribution in [3.05, 3.63) is 47.9 Å². The molecule has 1 aliphatic carbocycles. The van der Waals surface area contributed by atoms with E-state index in [-0.39, 0.29) is 11.8 Å². The number of carbonyl (C=O) groups excluding carboxylic acids is 1. The second kappa shape index (κ2) is 6.88. The van der Waals surface area contributed by atoms with Crippen LogP contribution in [0.4, 0.5) is 0 Å². The van der Waals surface area contributed by atoms with Gasteiger partial charge >= 0.3 is 0 Å². The van der Waals surface area contributed by atoms with Crippen LogP contribution in [0.2, 0.25) is 0 Å². The summed E-state index contributed by atoms with van der Waals surface area (Å²) in [6.07, 6.45) is 6.04. The maximum atomic E-state index is 12.7. The minimum absolute atomic E-state index is 0.0445. The van der Waals surface area contributed by atoms with E-state index in [1.54, 1.807) is 13.3 Å². The number of carbonyl (C=O) groups is 1. The fraction of sp³-hybridized carbons (Fsp3) is 0.474. The number of aromatic nitrogens is 2. The molecule has 1 amide bonds. The first-order chi connectivity index (χ1) is 12.2. The van der Waals surface area contributed by atoms with E-state index in [4.69, 9.17) is 4.74 Å². The Morgan fingerprint density at radius 2 is 2.20 bits per heavy atom. The molecule has 0 bridgehead atoms. The number of amides is 1. The van der Waals surface area contributed by atoms with Crippen molar-refractivity contribution in [3.8, 4) is 5.88 Å². The zero-order chi connectivity index (χ0) is 17.2. The standard InChI is InChI=1S/C19H24N4O2/c1-25-19-14(4-2-8-20-19)10-22-11-15(18(24)21-16-6-7-16)12-23-9-3-5-17(23)13-22/h2-5,8-9,15-16H,6-7,10-13H2,1H3,(H,21,24). The van der Waals surface area contributed by atoms with E-state index in [9.17, 15) is 4.79 Å². The minimum Gasteiger partial charge on any atom is -0.481 e. The zero-order valence-electron chi connectivity index (χ0n) is 14.5. The lowest BCUT2D eigenvalue weighted by molar-refractivity contribution is -0.126. The van der Waals surface area contributed by atoms with Crippen LogP contribution < -0.4 is 10.1 Å². The minimum atomic E-state index is -0.0445. The summed E-state index contributed by atoms with van der Waals surface area (Å²) in [5.41, 5.74) is 2.29. The lowest BCUT2D eigenvalue weighted by atomic mass is 10.1. The van der Waals surface area contributed by atoms with Gasteiger partial charge in [-0.3, -0.25) is 9.69 Å². The number of rotatable bonds is 5. The number of nitrogens with zero attached hydrogens (tertiary/aromatic N) is 3. The molecule has 6 heteroatoms. The van der Waals surface area contributed by atoms with Crippen molar-refractivity contribution in [2.24, 2.45) is 5.92 Å². The molecule has 0 aromatic carbocycles. The molecule has 1 N–H and O–H groups in total. The van der Waals surface area contributed by atoms with Crippen molar-refractivity contribution in [1.29, 1.82) is 0 Å². The van der Waals surface area contributed by atoms with E-state index in [0.717, 1.165) is 44.6 Å². The molecule has 1 saturated carbocycles. The molecule has 4 rings (SSSR count). The fourth-order valence-corrected chi connectivity index (χ4v) is 3.47. The quantitative estimate of drug-likeness (QED) is 0.902. The first kappa shape index (κ1) is 16.1. The van der Waals surface area contributed by atoms with Crippen LogP contribution in [0.5, 0.6) is 5.88 Å². The Labute approximate surface area is 147 Å². The van der Waals surface area contributed by atoms with Crippen LogP contribution in [0, 0.1) is 5.92 Å². The van der Waals surface area contributed by atoms with Crippen LogP contribution in [0.1, 0.15) is 24.1 Å². The SMILES string of the molecule is COc1ncccc1CN1Cc2cccn2CC(C(=O)NC2CC2)C1. The van der Waals surface area contributed by atoms with Crippen molar-refractivity contribution in [2.45, 2.75) is 38.5 Å². The predicted molar refractivity (Wildman–Crippen MR) is 94.0 cm³/mol. The Hall–Kier alpha value is -2.34. The molecule has 25 heavy (non-hydrogen) atoms. The van der Waals surface area contributed by atoms with Gasteiger partial charge in [0.25, 0.3) is 0 Å². The van der Waals surface area contributed by atoms with Crippen molar-refractivity contribution in [2.75, 3.05) is 13.7 Å². The van der Waals surface area contributed by atoms with Crippen molar-refractivity contribution in [3.63, 3.8) is 0 Å². The Bertz CT molecular complexity index is 753. The molecule has 0 radical (unpaired) electrons. The first-order valence-electron chi connectivity index (χ1n) is 8.87. The van der Waals surface area contributed by atoms with Gasteiger partial charge in [-0.05, 0) is 31.0 Å². The topological polar surface area (TPSA) is 59.4 Å². The van der Waals surface area contributed by atoms with Crippen LogP contribution in [-0.2, 0) is 24.4 Å². The maximum Gasteiger partial charge on any atom is 0.226 e. The van der Waals surface area contributed by atoms with E-state index in [1.807, 2.05) is 12.1 Å². The molecule has 3 heterocycles. The monoisotopic (exact) mass is 340 g/mol. The van der Waals surface area contributed by atoms with E-state index in [2.05, 4.69) is 38.1 Å². The Kier molecular flexibility index (Phi) is 4.44. The maximum absolute atomic E-state index is 12.7. The van der Waals surface area contributed by atoms with Gasteiger partial charge in [0.05, 0.1) is 13.0 Å². The summed E-state index contributed by atoms with van der Waals surface area (Å²) >= 11 is 0. The Balaban J connectivity index is 1.54. The summed E-state index contributed by atoms with van der Waals surface area (Å²) in [6, 6.07) is 8.55. The lowest BCUT2D eigenvalue weighted by Crippen LogP contribution is -2.39. The molecule has 2 aromatic heterocycles. The number of hydrogen-bond donors (Lipinski definition) is 1. The molecule has 0 spiro atoms. The van der Waals surface area contributed by atoms with Crippen LogP contribution in [0.3, 0.4) is 0 Å². The zero-order valence-corrected chi connectivity index (χ0v) is 14.5. The largest absolute Gasteiger partial charge is 0.481 e. The third-order valence-corrected chi connectivity index (χ3v) is 4.94. The summed E-state index contributed by atoms with van der Waals surface area (Å²) in [5, 5.41) is 3.17. The predicted octanol–water partition coefficient (Wildman–Crippen LogP) is 1.80. The fourth-order valence-electron chi connectivity index (χ4n) is 3.47. The van der Waals surface area contributed by atoms with Gasteiger partial charge in [-0.1, -0.05) is 6.07 Å². The van der Waals surface area contributed by atoms with Crippen molar-refractivity contribution in [1.82, 2.24) is 19.8 Å². The van der Waals surface area contributed by atoms with E-state index < -0.39 is 0 Å². The smallest absolute Gasteiger partial charge is 0.226 e. The Morgan fingerprint density at radius 3 is 3.00 bits per heavy atom. The van der Waals surface area contributed by atoms with Gasteiger partial charge < -0.3 is 14.6 Å². The van der Waals surface area contributed by atoms with E-state index >= 15 is 0 Å². The summed E-state index contributed by atoms with van der Waals surface area (Å²) in [5.74, 6) is 0.783. The molecular formula is C19H24N4O2. The highest BCUT2D eigenvalue weighted by molar-refractivity contribution is 5.79. The Morgan fingerprint density at radius 1 is 1.32 bits per heavy atom. The molecule has 6 nitrogen and oxygen atoms in total. The summed E-state index contributed by atoms with van der Waals surface area (Å²) in [7, 11) is 1.64. The highest BCUT2D eigenvalue weighted by Gasteiger charge is 2.31. The van der Waals surface area contributed by atoms with Gasteiger partial charge in [0.15, 0.2) is 0 Å². The average Bonchev–Trinajstić information content (AvgIpc) is 3.36. The number of methoxy groups -OCH3 is 1. The van der Waals surface area contributed by atoms with Crippen LogP contribution in [0.15, 0.2) is 36.7 Å². The number of hydrogen-bond acceptors (Lipinski definition) is 4. The third kappa shape index (κ3) is 3.69. The lowest BCUT2D eigenvalue weighted by Gasteiger charge is -2.24. The number of pyridine rings is 1. The summed E-state index contributed by atoms with van der Waals surface area (Å²) in [4.78, 5) is 19.3. The van der Waals surface area contributed by atoms with Gasteiger partial charge in [-0.15, -0.1) is 0 Å². The summed E-state index contributed by atoms with van der Waals surface area (Å²) in [6.45, 7) is 3.01. The molecule has 1 unspecified atom stereocenters. The van der Waals surface area contributed by atoms with Crippen LogP contribution in [0.25, 0.3) is 0 Å². The molecule has 2 aliphatic rings. The van der Waals surface area contributed by atoms with Gasteiger partial charge in [-0.25, -0.2) is 4.98 Å². The molecule has 0 saturated heterocycles. The average molecular weight is 340 g/mol. The van der Waals surface area contributed by atoms with Crippen LogP contribution in [-0.4, -0.2) is 40.1 Å². The molecule has 1 aliphatic heterocycles. The molecule has 2 aromatic rings. The second-order valence-electron chi connectivity index (χ2n) is 6.97. The number of ether oxygens (including phenoxy) is 1. The third-order valence-electron chi connectivity index (χ3n) is 4.94. The number of nitrogens with one attached hydrogen (secondary N) is 1. The number of fused-ring (bicyclic) bond motifs is 1. The highest BCUT2D eigenvalue weighted by Crippen LogP contribution is 2.24.